The third kappa shape index (κ3) is 5.45. The molecule has 3 aromatic rings. The average Bonchev–Trinajstić information content (AvgIpc) is 3.27. The van der Waals surface area contributed by atoms with Crippen molar-refractivity contribution in [2.45, 2.75) is 33.6 Å². The van der Waals surface area contributed by atoms with E-state index in [-0.39, 0.29) is 11.5 Å². The number of ether oxygens (including phenoxy) is 1. The number of aromatic amines is 1. The molecule has 0 saturated carbocycles. The number of carbonyl (C=O) groups is 1. The molecule has 164 valence electrons. The first kappa shape index (κ1) is 22.8. The minimum atomic E-state index is -0.432. The molecule has 0 atom stereocenters. The standard InChI is InChI=1S/C23H28N4O3S/c1-5-27(6-2)11-12-30-23(29)18-13-17(21(28)26-20(18)15(3)4)19-14-31-22(25-19)16-7-9-24-10-8-16/h7-10,13-15H,5-6,11-12H2,1-4H3,(H,26,28). The Morgan fingerprint density at radius 2 is 1.94 bits per heavy atom. The molecular weight excluding hydrogens is 412 g/mol. The van der Waals surface area contributed by atoms with E-state index >= 15 is 0 Å². The zero-order valence-corrected chi connectivity index (χ0v) is 19.2. The van der Waals surface area contributed by atoms with Crippen LogP contribution in [0.25, 0.3) is 21.8 Å². The van der Waals surface area contributed by atoms with E-state index in [1.807, 2.05) is 31.4 Å². The molecule has 0 aliphatic carbocycles. The number of aromatic nitrogens is 3. The first-order chi connectivity index (χ1) is 14.9. The Bertz CT molecular complexity index is 1070. The van der Waals surface area contributed by atoms with Crippen LogP contribution < -0.4 is 5.56 Å². The zero-order valence-electron chi connectivity index (χ0n) is 18.3. The molecule has 0 saturated heterocycles. The minimum Gasteiger partial charge on any atom is -0.461 e. The lowest BCUT2D eigenvalue weighted by Gasteiger charge is -2.18. The van der Waals surface area contributed by atoms with Crippen LogP contribution in [0.1, 0.15) is 49.7 Å². The first-order valence-electron chi connectivity index (χ1n) is 10.5. The first-order valence-corrected chi connectivity index (χ1v) is 11.4. The van der Waals surface area contributed by atoms with Gasteiger partial charge in [-0.3, -0.25) is 9.78 Å². The molecule has 0 aromatic carbocycles. The van der Waals surface area contributed by atoms with Gasteiger partial charge in [0.15, 0.2) is 0 Å². The van der Waals surface area contributed by atoms with E-state index in [0.717, 1.165) is 23.7 Å². The smallest absolute Gasteiger partial charge is 0.339 e. The summed E-state index contributed by atoms with van der Waals surface area (Å²) in [4.78, 5) is 39.3. The third-order valence-corrected chi connectivity index (χ3v) is 6.00. The maximum absolute atomic E-state index is 12.9. The van der Waals surface area contributed by atoms with Crippen molar-refractivity contribution in [3.8, 4) is 21.8 Å². The van der Waals surface area contributed by atoms with Gasteiger partial charge in [-0.05, 0) is 37.2 Å². The fourth-order valence-corrected chi connectivity index (χ4v) is 4.09. The molecule has 0 unspecified atom stereocenters. The molecular formula is C23H28N4O3S. The van der Waals surface area contributed by atoms with Crippen molar-refractivity contribution in [1.82, 2.24) is 19.9 Å². The maximum Gasteiger partial charge on any atom is 0.339 e. The SMILES string of the molecule is CCN(CC)CCOC(=O)c1cc(-c2csc(-c3ccncc3)n2)c(=O)[nH]c1C(C)C. The summed E-state index contributed by atoms with van der Waals surface area (Å²) in [5, 5.41) is 2.61. The van der Waals surface area contributed by atoms with Crippen LogP contribution in [0.4, 0.5) is 0 Å². The molecule has 8 heteroatoms. The fraction of sp³-hybridized carbons (Fsp3) is 0.391. The summed E-state index contributed by atoms with van der Waals surface area (Å²) in [5.41, 5.74) is 2.50. The summed E-state index contributed by atoms with van der Waals surface area (Å²) < 4.78 is 5.53. The third-order valence-electron chi connectivity index (χ3n) is 5.11. The number of nitrogens with zero attached hydrogens (tertiary/aromatic N) is 3. The Morgan fingerprint density at radius 1 is 1.23 bits per heavy atom. The highest BCUT2D eigenvalue weighted by atomic mass is 32.1. The summed E-state index contributed by atoms with van der Waals surface area (Å²) in [6.07, 6.45) is 3.40. The van der Waals surface area contributed by atoms with Crippen LogP contribution in [0.5, 0.6) is 0 Å². The van der Waals surface area contributed by atoms with Crippen LogP contribution in [-0.4, -0.2) is 52.1 Å². The molecule has 0 aliphatic rings. The number of carbonyl (C=O) groups excluding carboxylic acids is 1. The number of rotatable bonds is 9. The largest absolute Gasteiger partial charge is 0.461 e. The molecule has 0 spiro atoms. The van der Waals surface area contributed by atoms with Gasteiger partial charge in [-0.2, -0.15) is 0 Å². The molecule has 1 N–H and O–H groups in total. The molecule has 0 fully saturated rings. The van der Waals surface area contributed by atoms with E-state index in [0.29, 0.717) is 35.7 Å². The zero-order chi connectivity index (χ0) is 22.4. The van der Waals surface area contributed by atoms with Crippen molar-refractivity contribution in [1.29, 1.82) is 0 Å². The molecule has 0 aliphatic heterocycles. The molecule has 7 nitrogen and oxygen atoms in total. The Balaban J connectivity index is 1.90. The second kappa shape index (κ2) is 10.5. The average molecular weight is 441 g/mol. The van der Waals surface area contributed by atoms with E-state index < -0.39 is 5.97 Å². The molecule has 31 heavy (non-hydrogen) atoms. The quantitative estimate of drug-likeness (QED) is 0.502. The summed E-state index contributed by atoms with van der Waals surface area (Å²) in [6, 6.07) is 5.35. The van der Waals surface area contributed by atoms with Crippen molar-refractivity contribution in [3.05, 3.63) is 57.6 Å². The predicted molar refractivity (Wildman–Crippen MR) is 124 cm³/mol. The second-order valence-corrected chi connectivity index (χ2v) is 8.29. The van der Waals surface area contributed by atoms with Crippen LogP contribution in [0.2, 0.25) is 0 Å². The van der Waals surface area contributed by atoms with Gasteiger partial charge in [-0.25, -0.2) is 9.78 Å². The van der Waals surface area contributed by atoms with Gasteiger partial charge < -0.3 is 14.6 Å². The maximum atomic E-state index is 12.9. The van der Waals surface area contributed by atoms with E-state index in [1.54, 1.807) is 18.5 Å². The van der Waals surface area contributed by atoms with Crippen LogP contribution in [-0.2, 0) is 4.74 Å². The number of hydrogen-bond acceptors (Lipinski definition) is 7. The van der Waals surface area contributed by atoms with Crippen molar-refractivity contribution in [2.75, 3.05) is 26.2 Å². The van der Waals surface area contributed by atoms with E-state index in [2.05, 4.69) is 33.7 Å². The van der Waals surface area contributed by atoms with Gasteiger partial charge in [0.1, 0.15) is 11.6 Å². The van der Waals surface area contributed by atoms with Gasteiger partial charge >= 0.3 is 5.97 Å². The number of thiazole rings is 1. The minimum absolute atomic E-state index is 0.0325. The van der Waals surface area contributed by atoms with Crippen molar-refractivity contribution in [3.63, 3.8) is 0 Å². The van der Waals surface area contributed by atoms with Gasteiger partial charge in [0, 0.05) is 35.6 Å². The summed E-state index contributed by atoms with van der Waals surface area (Å²) in [5.74, 6) is -0.465. The van der Waals surface area contributed by atoms with E-state index in [9.17, 15) is 9.59 Å². The normalized spacial score (nSPS) is 11.3. The number of pyridine rings is 2. The van der Waals surface area contributed by atoms with Gasteiger partial charge in [-0.1, -0.05) is 27.7 Å². The lowest BCUT2D eigenvalue weighted by atomic mass is 10.0. The Labute approximate surface area is 186 Å². The number of esters is 1. The Hall–Kier alpha value is -2.84. The van der Waals surface area contributed by atoms with Gasteiger partial charge in [-0.15, -0.1) is 11.3 Å². The van der Waals surface area contributed by atoms with E-state index in [1.165, 1.54) is 11.3 Å². The highest BCUT2D eigenvalue weighted by molar-refractivity contribution is 7.13. The summed E-state index contributed by atoms with van der Waals surface area (Å²) in [7, 11) is 0. The van der Waals surface area contributed by atoms with Crippen LogP contribution in [0.3, 0.4) is 0 Å². The fourth-order valence-electron chi connectivity index (χ4n) is 3.27. The topological polar surface area (TPSA) is 88.2 Å². The predicted octanol–water partition coefficient (Wildman–Crippen LogP) is 4.18. The van der Waals surface area contributed by atoms with Crippen molar-refractivity contribution in [2.24, 2.45) is 0 Å². The lowest BCUT2D eigenvalue weighted by molar-refractivity contribution is 0.0464. The number of likely N-dealkylation sites (N-methyl/N-ethyl adjacent to an activating group) is 1. The van der Waals surface area contributed by atoms with Crippen molar-refractivity contribution >= 4 is 17.3 Å². The molecule has 0 amide bonds. The second-order valence-electron chi connectivity index (χ2n) is 7.43. The van der Waals surface area contributed by atoms with E-state index in [4.69, 9.17) is 4.74 Å². The number of hydrogen-bond donors (Lipinski definition) is 1. The molecule has 0 radical (unpaired) electrons. The van der Waals surface area contributed by atoms with Gasteiger partial charge in [0.2, 0.25) is 0 Å². The molecule has 3 aromatic heterocycles. The highest BCUT2D eigenvalue weighted by Gasteiger charge is 2.21. The Morgan fingerprint density at radius 3 is 2.58 bits per heavy atom. The number of H-pyrrole nitrogens is 1. The summed E-state index contributed by atoms with van der Waals surface area (Å²) >= 11 is 1.44. The molecule has 3 heterocycles. The Kier molecular flexibility index (Phi) is 7.70. The molecule has 0 bridgehead atoms. The van der Waals surface area contributed by atoms with Crippen LogP contribution in [0, 0.1) is 0 Å². The monoisotopic (exact) mass is 440 g/mol. The van der Waals surface area contributed by atoms with Crippen LogP contribution in [0.15, 0.2) is 40.8 Å². The lowest BCUT2D eigenvalue weighted by Crippen LogP contribution is -2.28. The molecule has 3 rings (SSSR count). The van der Waals surface area contributed by atoms with Gasteiger partial charge in [0.25, 0.3) is 5.56 Å². The van der Waals surface area contributed by atoms with Gasteiger partial charge in [0.05, 0.1) is 16.8 Å². The van der Waals surface area contributed by atoms with Crippen molar-refractivity contribution < 1.29 is 9.53 Å². The summed E-state index contributed by atoms with van der Waals surface area (Å²) in [6.45, 7) is 10.8. The number of nitrogens with one attached hydrogen (secondary N) is 1. The highest BCUT2D eigenvalue weighted by Crippen LogP contribution is 2.28. The van der Waals surface area contributed by atoms with Crippen LogP contribution >= 0.6 is 11.3 Å².